The van der Waals surface area contributed by atoms with Crippen LogP contribution in [0.4, 0.5) is 0 Å². The van der Waals surface area contributed by atoms with Gasteiger partial charge in [0.1, 0.15) is 5.75 Å². The van der Waals surface area contributed by atoms with Crippen molar-refractivity contribution in [1.29, 1.82) is 0 Å². The summed E-state index contributed by atoms with van der Waals surface area (Å²) in [6.45, 7) is 0.847. The van der Waals surface area contributed by atoms with Gasteiger partial charge in [0.25, 0.3) is 0 Å². The largest absolute Gasteiger partial charge is 0.493 e. The van der Waals surface area contributed by atoms with Gasteiger partial charge >= 0.3 is 0 Å². The van der Waals surface area contributed by atoms with E-state index in [1.54, 1.807) is 0 Å². The van der Waals surface area contributed by atoms with Crippen molar-refractivity contribution in [3.63, 3.8) is 0 Å². The van der Waals surface area contributed by atoms with Crippen LogP contribution < -0.4 is 10.5 Å². The quantitative estimate of drug-likeness (QED) is 0.785. The van der Waals surface area contributed by atoms with Crippen molar-refractivity contribution in [3.05, 3.63) is 29.3 Å². The fourth-order valence-corrected chi connectivity index (χ4v) is 3.06. The second-order valence-electron chi connectivity index (χ2n) is 5.11. The zero-order valence-corrected chi connectivity index (χ0v) is 9.67. The van der Waals surface area contributed by atoms with Crippen LogP contribution in [0.15, 0.2) is 18.2 Å². The Bertz CT molecular complexity index is 394. The van der Waals surface area contributed by atoms with Crippen molar-refractivity contribution in [1.82, 2.24) is 0 Å². The third-order valence-electron chi connectivity index (χ3n) is 3.97. The van der Waals surface area contributed by atoms with Crippen molar-refractivity contribution in [2.24, 2.45) is 5.73 Å². The molecule has 16 heavy (non-hydrogen) atoms. The highest BCUT2D eigenvalue weighted by molar-refractivity contribution is 5.46. The highest BCUT2D eigenvalue weighted by atomic mass is 16.5. The summed E-state index contributed by atoms with van der Waals surface area (Å²) in [6, 6.07) is 6.47. The minimum atomic E-state index is -0.122. The molecule has 0 atom stereocenters. The van der Waals surface area contributed by atoms with Gasteiger partial charge in [0.2, 0.25) is 0 Å². The first-order valence-corrected chi connectivity index (χ1v) is 6.34. The number of nitrogens with two attached hydrogens (primary N) is 1. The van der Waals surface area contributed by atoms with Crippen LogP contribution >= 0.6 is 0 Å². The second-order valence-corrected chi connectivity index (χ2v) is 5.11. The van der Waals surface area contributed by atoms with Crippen LogP contribution in [-0.2, 0) is 12.0 Å². The zero-order chi connectivity index (χ0) is 11.0. The Morgan fingerprint density at radius 1 is 1.12 bits per heavy atom. The predicted octanol–water partition coefficient (Wildman–Crippen LogP) is 2.74. The molecule has 1 aromatic carbocycles. The maximum absolute atomic E-state index is 6.52. The highest BCUT2D eigenvalue weighted by Gasteiger charge is 2.34. The number of para-hydroxylation sites is 1. The highest BCUT2D eigenvalue weighted by Crippen LogP contribution is 2.42. The summed E-state index contributed by atoms with van der Waals surface area (Å²) in [5, 5.41) is 0. The van der Waals surface area contributed by atoms with Gasteiger partial charge in [-0.15, -0.1) is 0 Å². The molecular weight excluding hydrogens is 198 g/mol. The maximum Gasteiger partial charge on any atom is 0.127 e. The maximum atomic E-state index is 6.52. The average Bonchev–Trinajstić information content (AvgIpc) is 2.77. The fourth-order valence-electron chi connectivity index (χ4n) is 3.06. The number of rotatable bonds is 1. The summed E-state index contributed by atoms with van der Waals surface area (Å²) >= 11 is 0. The molecule has 1 aliphatic heterocycles. The summed E-state index contributed by atoms with van der Waals surface area (Å²) in [5.74, 6) is 1.10. The lowest BCUT2D eigenvalue weighted by atomic mass is 9.86. The summed E-state index contributed by atoms with van der Waals surface area (Å²) in [6.07, 6.45) is 6.98. The zero-order valence-electron chi connectivity index (χ0n) is 9.67. The molecule has 0 bridgehead atoms. The van der Waals surface area contributed by atoms with E-state index in [2.05, 4.69) is 18.2 Å². The minimum absolute atomic E-state index is 0.122. The van der Waals surface area contributed by atoms with E-state index < -0.39 is 0 Å². The molecule has 1 saturated carbocycles. The van der Waals surface area contributed by atoms with Crippen molar-refractivity contribution in [3.8, 4) is 5.75 Å². The van der Waals surface area contributed by atoms with Crippen LogP contribution in [0.25, 0.3) is 0 Å². The second kappa shape index (κ2) is 3.77. The third kappa shape index (κ3) is 1.52. The lowest BCUT2D eigenvalue weighted by Gasteiger charge is -2.29. The van der Waals surface area contributed by atoms with Crippen molar-refractivity contribution in [2.45, 2.75) is 44.1 Å². The van der Waals surface area contributed by atoms with Gasteiger partial charge < -0.3 is 10.5 Å². The molecule has 1 aliphatic carbocycles. The lowest BCUT2D eigenvalue weighted by molar-refractivity contribution is 0.276. The number of aryl methyl sites for hydroxylation is 1. The first-order valence-electron chi connectivity index (χ1n) is 6.34. The Balaban J connectivity index is 2.06. The first-order chi connectivity index (χ1) is 7.80. The fraction of sp³-hybridized carbons (Fsp3) is 0.571. The number of ether oxygens (including phenoxy) is 1. The molecule has 1 fully saturated rings. The van der Waals surface area contributed by atoms with Gasteiger partial charge in [-0.1, -0.05) is 31.0 Å². The molecule has 2 aliphatic rings. The normalized spacial score (nSPS) is 22.6. The molecule has 0 aromatic heterocycles. The van der Waals surface area contributed by atoms with Crippen LogP contribution in [-0.4, -0.2) is 6.61 Å². The van der Waals surface area contributed by atoms with Gasteiger partial charge in [-0.05, 0) is 31.2 Å². The van der Waals surface area contributed by atoms with Gasteiger partial charge in [-0.3, -0.25) is 0 Å². The van der Waals surface area contributed by atoms with Crippen LogP contribution in [0.5, 0.6) is 5.75 Å². The van der Waals surface area contributed by atoms with E-state index in [-0.39, 0.29) is 5.54 Å². The summed E-state index contributed by atoms with van der Waals surface area (Å²) in [4.78, 5) is 0. The monoisotopic (exact) mass is 217 g/mol. The number of hydrogen-bond donors (Lipinski definition) is 1. The molecule has 0 amide bonds. The number of benzene rings is 1. The topological polar surface area (TPSA) is 35.2 Å². The van der Waals surface area contributed by atoms with Crippen molar-refractivity contribution >= 4 is 0 Å². The molecule has 2 heteroatoms. The van der Waals surface area contributed by atoms with E-state index in [1.165, 1.54) is 24.0 Å². The first kappa shape index (κ1) is 10.2. The van der Waals surface area contributed by atoms with E-state index in [1.807, 2.05) is 0 Å². The Morgan fingerprint density at radius 2 is 1.94 bits per heavy atom. The van der Waals surface area contributed by atoms with E-state index in [4.69, 9.17) is 10.5 Å². The van der Waals surface area contributed by atoms with Crippen LogP contribution in [0.2, 0.25) is 0 Å². The average molecular weight is 217 g/mol. The molecule has 0 radical (unpaired) electrons. The van der Waals surface area contributed by atoms with Crippen molar-refractivity contribution in [2.75, 3.05) is 6.61 Å². The summed E-state index contributed by atoms with van der Waals surface area (Å²) in [5.41, 5.74) is 9.00. The lowest BCUT2D eigenvalue weighted by Crippen LogP contribution is -2.34. The Morgan fingerprint density at radius 3 is 2.75 bits per heavy atom. The molecule has 1 heterocycles. The number of fused-ring (bicyclic) bond motifs is 1. The molecule has 86 valence electrons. The standard InChI is InChI=1S/C14H19NO/c15-14(8-1-2-9-14)12-7-3-5-11-6-4-10-16-13(11)12/h3,5,7H,1-2,4,6,8-10,15H2. The van der Waals surface area contributed by atoms with Crippen LogP contribution in [0, 0.1) is 0 Å². The molecule has 2 nitrogen and oxygen atoms in total. The van der Waals surface area contributed by atoms with Crippen LogP contribution in [0.1, 0.15) is 43.2 Å². The van der Waals surface area contributed by atoms with Gasteiger partial charge in [-0.25, -0.2) is 0 Å². The molecule has 0 saturated heterocycles. The van der Waals surface area contributed by atoms with E-state index >= 15 is 0 Å². The molecule has 3 rings (SSSR count). The smallest absolute Gasteiger partial charge is 0.127 e. The van der Waals surface area contributed by atoms with E-state index in [0.717, 1.165) is 38.0 Å². The van der Waals surface area contributed by atoms with E-state index in [0.29, 0.717) is 0 Å². The molecule has 2 N–H and O–H groups in total. The van der Waals surface area contributed by atoms with Gasteiger partial charge in [0, 0.05) is 11.1 Å². The van der Waals surface area contributed by atoms with Gasteiger partial charge in [0.15, 0.2) is 0 Å². The molecule has 0 unspecified atom stereocenters. The molecule has 1 aromatic rings. The van der Waals surface area contributed by atoms with Crippen molar-refractivity contribution < 1.29 is 4.74 Å². The minimum Gasteiger partial charge on any atom is -0.493 e. The molecule has 0 spiro atoms. The van der Waals surface area contributed by atoms with Crippen LogP contribution in [0.3, 0.4) is 0 Å². The Kier molecular flexibility index (Phi) is 2.40. The predicted molar refractivity (Wildman–Crippen MR) is 64.6 cm³/mol. The third-order valence-corrected chi connectivity index (χ3v) is 3.97. The Hall–Kier alpha value is -1.02. The SMILES string of the molecule is NC1(c2cccc3c2OCCC3)CCCC1. The van der Waals surface area contributed by atoms with Gasteiger partial charge in [-0.2, -0.15) is 0 Å². The van der Waals surface area contributed by atoms with E-state index in [9.17, 15) is 0 Å². The molecular formula is C14H19NO. The Labute approximate surface area is 96.8 Å². The number of hydrogen-bond acceptors (Lipinski definition) is 2. The van der Waals surface area contributed by atoms with Gasteiger partial charge in [0.05, 0.1) is 6.61 Å². The summed E-state index contributed by atoms with van der Waals surface area (Å²) < 4.78 is 5.85. The summed E-state index contributed by atoms with van der Waals surface area (Å²) in [7, 11) is 0.